The van der Waals surface area contributed by atoms with E-state index in [0.717, 1.165) is 6.07 Å². The maximum absolute atomic E-state index is 12.9. The molecular formula is C14H17F3N2O. The van der Waals surface area contributed by atoms with Crippen LogP contribution >= 0.6 is 0 Å². The molecule has 2 rings (SSSR count). The molecule has 6 heteroatoms. The molecule has 20 heavy (non-hydrogen) atoms. The van der Waals surface area contributed by atoms with E-state index in [1.165, 1.54) is 23.1 Å². The van der Waals surface area contributed by atoms with E-state index in [4.69, 9.17) is 5.73 Å². The van der Waals surface area contributed by atoms with Crippen molar-refractivity contribution in [1.29, 1.82) is 0 Å². The van der Waals surface area contributed by atoms with Crippen LogP contribution in [0.2, 0.25) is 0 Å². The van der Waals surface area contributed by atoms with Gasteiger partial charge in [-0.3, -0.25) is 4.79 Å². The Kier molecular flexibility index (Phi) is 4.04. The number of amides is 1. The van der Waals surface area contributed by atoms with E-state index in [2.05, 4.69) is 0 Å². The molecule has 0 saturated carbocycles. The van der Waals surface area contributed by atoms with E-state index < -0.39 is 17.6 Å². The van der Waals surface area contributed by atoms with Gasteiger partial charge in [0.15, 0.2) is 0 Å². The molecule has 2 unspecified atom stereocenters. The first-order valence-electron chi connectivity index (χ1n) is 6.51. The summed E-state index contributed by atoms with van der Waals surface area (Å²) in [6.45, 7) is 2.72. The summed E-state index contributed by atoms with van der Waals surface area (Å²) in [4.78, 5) is 13.7. The lowest BCUT2D eigenvalue weighted by atomic mass is 9.93. The molecule has 0 bridgehead atoms. The van der Waals surface area contributed by atoms with Gasteiger partial charge in [-0.05, 0) is 24.5 Å². The minimum Gasteiger partial charge on any atom is -0.337 e. The molecule has 1 aromatic rings. The highest BCUT2D eigenvalue weighted by molar-refractivity contribution is 5.96. The first-order chi connectivity index (χ1) is 9.30. The molecule has 1 aromatic carbocycles. The summed E-state index contributed by atoms with van der Waals surface area (Å²) in [6, 6.07) is 4.68. The first-order valence-corrected chi connectivity index (χ1v) is 6.51. The Morgan fingerprint density at radius 2 is 2.00 bits per heavy atom. The van der Waals surface area contributed by atoms with Gasteiger partial charge in [-0.15, -0.1) is 0 Å². The summed E-state index contributed by atoms with van der Waals surface area (Å²) >= 11 is 0. The van der Waals surface area contributed by atoms with E-state index in [9.17, 15) is 18.0 Å². The molecule has 0 spiro atoms. The lowest BCUT2D eigenvalue weighted by Gasteiger charge is -2.35. The second-order valence-electron chi connectivity index (χ2n) is 5.22. The lowest BCUT2D eigenvalue weighted by Crippen LogP contribution is -2.50. The summed E-state index contributed by atoms with van der Waals surface area (Å²) in [5, 5.41) is 0. The standard InChI is InChI=1S/C14H17F3N2O/c1-9-6-7-19(8-12(9)18)13(20)10-4-2-3-5-11(10)14(15,16)17/h2-5,9,12H,6-8,18H2,1H3. The lowest BCUT2D eigenvalue weighted by molar-refractivity contribution is -0.138. The van der Waals surface area contributed by atoms with Crippen molar-refractivity contribution >= 4 is 5.91 Å². The molecule has 1 aliphatic heterocycles. The van der Waals surface area contributed by atoms with Crippen LogP contribution in [0.4, 0.5) is 13.2 Å². The van der Waals surface area contributed by atoms with Gasteiger partial charge >= 0.3 is 6.18 Å². The maximum Gasteiger partial charge on any atom is 0.417 e. The minimum atomic E-state index is -4.53. The summed E-state index contributed by atoms with van der Waals surface area (Å²) in [7, 11) is 0. The molecule has 3 nitrogen and oxygen atoms in total. The van der Waals surface area contributed by atoms with Crippen molar-refractivity contribution in [2.45, 2.75) is 25.6 Å². The van der Waals surface area contributed by atoms with Crippen molar-refractivity contribution in [3.05, 3.63) is 35.4 Å². The van der Waals surface area contributed by atoms with E-state index in [1.54, 1.807) is 0 Å². The quantitative estimate of drug-likeness (QED) is 0.862. The summed E-state index contributed by atoms with van der Waals surface area (Å²) in [6.07, 6.45) is -3.82. The highest BCUT2D eigenvalue weighted by Crippen LogP contribution is 2.32. The number of rotatable bonds is 1. The van der Waals surface area contributed by atoms with Crippen LogP contribution in [0, 0.1) is 5.92 Å². The fourth-order valence-corrected chi connectivity index (χ4v) is 2.37. The van der Waals surface area contributed by atoms with Crippen LogP contribution < -0.4 is 5.73 Å². The molecule has 2 atom stereocenters. The zero-order valence-electron chi connectivity index (χ0n) is 11.2. The Morgan fingerprint density at radius 3 is 2.60 bits per heavy atom. The van der Waals surface area contributed by atoms with Crippen LogP contribution in [-0.4, -0.2) is 29.9 Å². The average molecular weight is 286 g/mol. The summed E-state index contributed by atoms with van der Waals surface area (Å²) < 4.78 is 38.8. The van der Waals surface area contributed by atoms with Crippen LogP contribution in [0.25, 0.3) is 0 Å². The number of hydrogen-bond acceptors (Lipinski definition) is 2. The molecule has 1 saturated heterocycles. The van der Waals surface area contributed by atoms with Crippen LogP contribution in [-0.2, 0) is 6.18 Å². The van der Waals surface area contributed by atoms with Gasteiger partial charge in [0.1, 0.15) is 0 Å². The predicted octanol–water partition coefficient (Wildman–Crippen LogP) is 2.51. The SMILES string of the molecule is CC1CCN(C(=O)c2ccccc2C(F)(F)F)CC1N. The Morgan fingerprint density at radius 1 is 1.35 bits per heavy atom. The average Bonchev–Trinajstić information content (AvgIpc) is 2.40. The molecule has 0 radical (unpaired) electrons. The van der Waals surface area contributed by atoms with E-state index >= 15 is 0 Å². The highest BCUT2D eigenvalue weighted by Gasteiger charge is 2.36. The van der Waals surface area contributed by atoms with Crippen molar-refractivity contribution < 1.29 is 18.0 Å². The normalized spacial score (nSPS) is 23.8. The van der Waals surface area contributed by atoms with Gasteiger partial charge in [0.2, 0.25) is 0 Å². The van der Waals surface area contributed by atoms with Crippen molar-refractivity contribution in [1.82, 2.24) is 4.90 Å². The van der Waals surface area contributed by atoms with Crippen LogP contribution in [0.3, 0.4) is 0 Å². The molecule has 1 fully saturated rings. The Labute approximate surface area is 115 Å². The zero-order chi connectivity index (χ0) is 14.9. The predicted molar refractivity (Wildman–Crippen MR) is 69.1 cm³/mol. The molecule has 1 aliphatic rings. The number of benzene rings is 1. The number of nitrogens with two attached hydrogens (primary N) is 1. The highest BCUT2D eigenvalue weighted by atomic mass is 19.4. The number of carbonyl (C=O) groups is 1. The van der Waals surface area contributed by atoms with Gasteiger partial charge in [0, 0.05) is 19.1 Å². The third-order valence-electron chi connectivity index (χ3n) is 3.77. The number of alkyl halides is 3. The fourth-order valence-electron chi connectivity index (χ4n) is 2.37. The number of hydrogen-bond donors (Lipinski definition) is 1. The summed E-state index contributed by atoms with van der Waals surface area (Å²) in [5.74, 6) is -0.322. The van der Waals surface area contributed by atoms with Crippen LogP contribution in [0.15, 0.2) is 24.3 Å². The zero-order valence-corrected chi connectivity index (χ0v) is 11.2. The smallest absolute Gasteiger partial charge is 0.337 e. The second kappa shape index (κ2) is 5.44. The van der Waals surface area contributed by atoms with E-state index in [1.807, 2.05) is 6.92 Å². The van der Waals surface area contributed by atoms with Crippen LogP contribution in [0.5, 0.6) is 0 Å². The molecular weight excluding hydrogens is 269 g/mol. The van der Waals surface area contributed by atoms with Gasteiger partial charge in [-0.1, -0.05) is 19.1 Å². The largest absolute Gasteiger partial charge is 0.417 e. The molecule has 1 amide bonds. The van der Waals surface area contributed by atoms with Gasteiger partial charge in [0.05, 0.1) is 11.1 Å². The first kappa shape index (κ1) is 14.8. The minimum absolute atomic E-state index is 0.189. The Balaban J connectivity index is 2.26. The number of nitrogens with zero attached hydrogens (tertiary/aromatic N) is 1. The van der Waals surface area contributed by atoms with Crippen LogP contribution in [0.1, 0.15) is 29.3 Å². The third-order valence-corrected chi connectivity index (χ3v) is 3.77. The molecule has 0 aliphatic carbocycles. The van der Waals surface area contributed by atoms with E-state index in [-0.39, 0.29) is 17.5 Å². The second-order valence-corrected chi connectivity index (χ2v) is 5.22. The topological polar surface area (TPSA) is 46.3 Å². The number of halogens is 3. The Hall–Kier alpha value is -1.56. The van der Waals surface area contributed by atoms with Gasteiger partial charge in [0.25, 0.3) is 5.91 Å². The monoisotopic (exact) mass is 286 g/mol. The maximum atomic E-state index is 12.9. The van der Waals surface area contributed by atoms with Gasteiger partial charge < -0.3 is 10.6 Å². The third kappa shape index (κ3) is 2.95. The van der Waals surface area contributed by atoms with Crippen molar-refractivity contribution in [3.8, 4) is 0 Å². The van der Waals surface area contributed by atoms with Gasteiger partial charge in [-0.2, -0.15) is 13.2 Å². The molecule has 1 heterocycles. The Bertz CT molecular complexity index is 501. The van der Waals surface area contributed by atoms with E-state index in [0.29, 0.717) is 19.5 Å². The summed E-state index contributed by atoms with van der Waals surface area (Å²) in [5.41, 5.74) is 4.70. The number of likely N-dealkylation sites (tertiary alicyclic amines) is 1. The molecule has 110 valence electrons. The number of carbonyl (C=O) groups excluding carboxylic acids is 1. The molecule has 2 N–H and O–H groups in total. The fraction of sp³-hybridized carbons (Fsp3) is 0.500. The van der Waals surface area contributed by atoms with Crippen molar-refractivity contribution in [2.75, 3.05) is 13.1 Å². The van der Waals surface area contributed by atoms with Gasteiger partial charge in [-0.25, -0.2) is 0 Å². The number of piperidine rings is 1. The molecule has 0 aromatic heterocycles. The van der Waals surface area contributed by atoms with Crippen molar-refractivity contribution in [2.24, 2.45) is 11.7 Å². The van der Waals surface area contributed by atoms with Crippen molar-refractivity contribution in [3.63, 3.8) is 0 Å².